The first-order valence-corrected chi connectivity index (χ1v) is 11.0. The first-order chi connectivity index (χ1) is 14.5. The Hall–Kier alpha value is -2.99. The summed E-state index contributed by atoms with van der Waals surface area (Å²) in [6.07, 6.45) is 6.96. The highest BCUT2D eigenvalue weighted by Gasteiger charge is 2.33. The van der Waals surface area contributed by atoms with E-state index in [2.05, 4.69) is 11.9 Å². The largest absolute Gasteiger partial charge is 0.477 e. The number of nitrogens with zero attached hydrogens (tertiary/aromatic N) is 2. The normalized spacial score (nSPS) is 18.7. The summed E-state index contributed by atoms with van der Waals surface area (Å²) in [6.45, 7) is 2.22. The fraction of sp³-hybridized carbons (Fsp3) is 0.292. The maximum atomic E-state index is 13.6. The Balaban J connectivity index is 1.80. The molecule has 0 aliphatic heterocycles. The second-order valence-electron chi connectivity index (χ2n) is 7.83. The smallest absolute Gasteiger partial charge is 0.348 e. The van der Waals surface area contributed by atoms with Crippen LogP contribution in [0.3, 0.4) is 0 Å². The Bertz CT molecular complexity index is 1030. The molecule has 30 heavy (non-hydrogen) atoms. The minimum absolute atomic E-state index is 0.0342. The van der Waals surface area contributed by atoms with Gasteiger partial charge in [-0.2, -0.15) is 0 Å². The van der Waals surface area contributed by atoms with Gasteiger partial charge >= 0.3 is 5.97 Å². The van der Waals surface area contributed by atoms with E-state index < -0.39 is 5.97 Å². The maximum absolute atomic E-state index is 13.6. The fourth-order valence-corrected chi connectivity index (χ4v) is 5.00. The van der Waals surface area contributed by atoms with Gasteiger partial charge in [-0.3, -0.25) is 14.7 Å². The van der Waals surface area contributed by atoms with Crippen LogP contribution in [0.4, 0.5) is 11.4 Å². The van der Waals surface area contributed by atoms with Crippen molar-refractivity contribution in [3.05, 3.63) is 65.8 Å². The molecule has 1 aromatic carbocycles. The summed E-state index contributed by atoms with van der Waals surface area (Å²) in [5.41, 5.74) is 2.01. The van der Waals surface area contributed by atoms with Crippen LogP contribution < -0.4 is 4.90 Å². The maximum Gasteiger partial charge on any atom is 0.348 e. The lowest BCUT2D eigenvalue weighted by molar-refractivity contribution is -0.122. The minimum Gasteiger partial charge on any atom is -0.477 e. The number of carbonyl (C=O) groups excluding carboxylic acids is 1. The Labute approximate surface area is 180 Å². The first kappa shape index (κ1) is 20.3. The molecule has 3 aromatic rings. The molecule has 2 aromatic heterocycles. The van der Waals surface area contributed by atoms with E-state index in [1.54, 1.807) is 29.4 Å². The molecule has 4 rings (SSSR count). The minimum atomic E-state index is -1.03. The van der Waals surface area contributed by atoms with E-state index in [9.17, 15) is 14.7 Å². The number of aromatic carboxylic acids is 1. The van der Waals surface area contributed by atoms with Crippen molar-refractivity contribution in [3.8, 4) is 10.4 Å². The summed E-state index contributed by atoms with van der Waals surface area (Å²) < 4.78 is 0. The number of pyridine rings is 1. The van der Waals surface area contributed by atoms with Gasteiger partial charge < -0.3 is 5.11 Å². The molecule has 0 atom stereocenters. The van der Waals surface area contributed by atoms with Crippen molar-refractivity contribution in [1.29, 1.82) is 0 Å². The summed E-state index contributed by atoms with van der Waals surface area (Å²) in [4.78, 5) is 32.4. The molecule has 0 unspecified atom stereocenters. The van der Waals surface area contributed by atoms with Crippen molar-refractivity contribution in [2.24, 2.45) is 11.8 Å². The van der Waals surface area contributed by atoms with Crippen molar-refractivity contribution < 1.29 is 14.7 Å². The standard InChI is InChI=1S/C24H24N2O3S/c1-16-7-9-18(10-8-16)23(27)26(19-11-13-25-14-12-19)20-15-21(30-22(20)24(28)29)17-5-3-2-4-6-17/h2-6,11-16,18H,7-10H2,1H3,(H,28,29). The molecule has 154 valence electrons. The SMILES string of the molecule is CC1CCC(C(=O)N(c2ccncc2)c2cc(-c3ccccc3)sc2C(=O)O)CC1. The lowest BCUT2D eigenvalue weighted by atomic mass is 9.82. The highest BCUT2D eigenvalue weighted by atomic mass is 32.1. The van der Waals surface area contributed by atoms with Gasteiger partial charge in [0.05, 0.1) is 11.4 Å². The van der Waals surface area contributed by atoms with Crippen LogP contribution in [0.5, 0.6) is 0 Å². The van der Waals surface area contributed by atoms with Gasteiger partial charge in [0, 0.05) is 23.2 Å². The molecule has 1 aliphatic carbocycles. The highest BCUT2D eigenvalue weighted by Crippen LogP contribution is 2.41. The quantitative estimate of drug-likeness (QED) is 0.550. The predicted molar refractivity (Wildman–Crippen MR) is 119 cm³/mol. The summed E-state index contributed by atoms with van der Waals surface area (Å²) >= 11 is 1.20. The molecule has 0 spiro atoms. The molecular weight excluding hydrogens is 396 g/mol. The number of amides is 1. The molecule has 0 saturated heterocycles. The van der Waals surface area contributed by atoms with Crippen LogP contribution in [-0.4, -0.2) is 22.0 Å². The summed E-state index contributed by atoms with van der Waals surface area (Å²) in [5.74, 6) is -0.533. The first-order valence-electron chi connectivity index (χ1n) is 10.2. The lowest BCUT2D eigenvalue weighted by Crippen LogP contribution is -2.35. The van der Waals surface area contributed by atoms with E-state index in [4.69, 9.17) is 0 Å². The van der Waals surface area contributed by atoms with E-state index in [1.165, 1.54) is 11.3 Å². The monoisotopic (exact) mass is 420 g/mol. The van der Waals surface area contributed by atoms with Crippen LogP contribution in [0.15, 0.2) is 60.9 Å². The third kappa shape index (κ3) is 4.14. The fourth-order valence-electron chi connectivity index (χ4n) is 4.01. The highest BCUT2D eigenvalue weighted by molar-refractivity contribution is 7.18. The van der Waals surface area contributed by atoms with Gasteiger partial charge in [-0.1, -0.05) is 37.3 Å². The van der Waals surface area contributed by atoms with Crippen molar-refractivity contribution in [1.82, 2.24) is 4.98 Å². The Morgan fingerprint density at radius 3 is 2.33 bits per heavy atom. The summed E-state index contributed by atoms with van der Waals surface area (Å²) in [7, 11) is 0. The van der Waals surface area contributed by atoms with Gasteiger partial charge in [0.15, 0.2) is 0 Å². The van der Waals surface area contributed by atoms with E-state index in [0.717, 1.165) is 36.1 Å². The average molecular weight is 421 g/mol. The molecule has 1 N–H and O–H groups in total. The molecule has 0 radical (unpaired) electrons. The molecule has 0 bridgehead atoms. The van der Waals surface area contributed by atoms with Crippen LogP contribution in [0.25, 0.3) is 10.4 Å². The number of anilines is 2. The molecule has 1 aliphatic rings. The van der Waals surface area contributed by atoms with Crippen LogP contribution >= 0.6 is 11.3 Å². The number of benzene rings is 1. The van der Waals surface area contributed by atoms with Crippen molar-refractivity contribution >= 4 is 34.6 Å². The number of aromatic nitrogens is 1. The molecule has 6 heteroatoms. The van der Waals surface area contributed by atoms with Gasteiger partial charge in [-0.05, 0) is 55.4 Å². The predicted octanol–water partition coefficient (Wildman–Crippen LogP) is 6.00. The Morgan fingerprint density at radius 1 is 1.03 bits per heavy atom. The van der Waals surface area contributed by atoms with Crippen LogP contribution in [0.1, 0.15) is 42.3 Å². The van der Waals surface area contributed by atoms with Crippen molar-refractivity contribution in [2.45, 2.75) is 32.6 Å². The number of rotatable bonds is 5. The topological polar surface area (TPSA) is 70.5 Å². The van der Waals surface area contributed by atoms with Gasteiger partial charge in [0.25, 0.3) is 0 Å². The van der Waals surface area contributed by atoms with Crippen molar-refractivity contribution in [3.63, 3.8) is 0 Å². The number of hydrogen-bond acceptors (Lipinski definition) is 4. The van der Waals surface area contributed by atoms with Crippen LogP contribution in [0, 0.1) is 11.8 Å². The molecule has 1 fully saturated rings. The zero-order valence-corrected chi connectivity index (χ0v) is 17.6. The Kier molecular flexibility index (Phi) is 5.95. The number of thiophene rings is 1. The number of hydrogen-bond donors (Lipinski definition) is 1. The Morgan fingerprint density at radius 2 is 1.70 bits per heavy atom. The van der Waals surface area contributed by atoms with Crippen LogP contribution in [0.2, 0.25) is 0 Å². The molecule has 2 heterocycles. The van der Waals surface area contributed by atoms with Crippen LogP contribution in [-0.2, 0) is 4.79 Å². The van der Waals surface area contributed by atoms with E-state index in [-0.39, 0.29) is 16.7 Å². The molecule has 1 amide bonds. The average Bonchev–Trinajstić information content (AvgIpc) is 3.21. The van der Waals surface area contributed by atoms with E-state index in [0.29, 0.717) is 17.3 Å². The van der Waals surface area contributed by atoms with Gasteiger partial charge in [0.1, 0.15) is 4.88 Å². The van der Waals surface area contributed by atoms with E-state index in [1.807, 2.05) is 36.4 Å². The number of carboxylic acids is 1. The molecule has 1 saturated carbocycles. The van der Waals surface area contributed by atoms with Crippen molar-refractivity contribution in [2.75, 3.05) is 4.90 Å². The zero-order chi connectivity index (χ0) is 21.1. The third-order valence-corrected chi connectivity index (χ3v) is 6.87. The second kappa shape index (κ2) is 8.79. The van der Waals surface area contributed by atoms with Gasteiger partial charge in [-0.25, -0.2) is 4.79 Å². The molecular formula is C24H24N2O3S. The third-order valence-electron chi connectivity index (χ3n) is 5.71. The number of carboxylic acid groups (broad SMARTS) is 1. The second-order valence-corrected chi connectivity index (χ2v) is 8.88. The van der Waals surface area contributed by atoms with Gasteiger partial charge in [0.2, 0.25) is 5.91 Å². The molecule has 5 nitrogen and oxygen atoms in total. The zero-order valence-electron chi connectivity index (χ0n) is 16.8. The number of carbonyl (C=O) groups is 2. The van der Waals surface area contributed by atoms with E-state index >= 15 is 0 Å². The summed E-state index contributed by atoms with van der Waals surface area (Å²) in [6, 6.07) is 15.0. The lowest BCUT2D eigenvalue weighted by Gasteiger charge is -2.31. The van der Waals surface area contributed by atoms with Gasteiger partial charge in [-0.15, -0.1) is 11.3 Å². The summed E-state index contributed by atoms with van der Waals surface area (Å²) in [5, 5.41) is 9.91.